The number of ether oxygens (including phenoxy) is 1. The number of aromatic nitrogens is 1. The standard InChI is InChI=1S/C22H20F3N3O3S/c1-12(22(23,24)25)10-11-26-20(29)14-6-4-5-7-15(14)28-21(30)18-17(31-3)9-8-16-19(18)32-13(2)27-16/h4-9H,1,10-11H2,2-3H3,(H,26,29)(H,28,30). The Hall–Kier alpha value is -3.40. The minimum atomic E-state index is -4.51. The van der Waals surface area contributed by atoms with Gasteiger partial charge >= 0.3 is 6.18 Å². The Balaban J connectivity index is 1.81. The zero-order chi connectivity index (χ0) is 23.5. The molecule has 2 N–H and O–H groups in total. The van der Waals surface area contributed by atoms with E-state index in [1.807, 2.05) is 6.92 Å². The van der Waals surface area contributed by atoms with Crippen molar-refractivity contribution >= 4 is 39.1 Å². The summed E-state index contributed by atoms with van der Waals surface area (Å²) in [5, 5.41) is 5.92. The van der Waals surface area contributed by atoms with Gasteiger partial charge in [0.15, 0.2) is 0 Å². The summed E-state index contributed by atoms with van der Waals surface area (Å²) in [7, 11) is 1.45. The van der Waals surface area contributed by atoms with Crippen molar-refractivity contribution in [3.8, 4) is 5.75 Å². The summed E-state index contributed by atoms with van der Waals surface area (Å²) in [4.78, 5) is 30.1. The molecule has 32 heavy (non-hydrogen) atoms. The van der Waals surface area contributed by atoms with Gasteiger partial charge in [0.2, 0.25) is 0 Å². The first-order chi connectivity index (χ1) is 15.1. The lowest BCUT2D eigenvalue weighted by Crippen LogP contribution is -2.27. The number of methoxy groups -OCH3 is 1. The molecule has 0 saturated heterocycles. The van der Waals surface area contributed by atoms with Gasteiger partial charge in [0.25, 0.3) is 11.8 Å². The van der Waals surface area contributed by atoms with E-state index < -0.39 is 30.0 Å². The summed E-state index contributed by atoms with van der Waals surface area (Å²) in [6.45, 7) is 4.56. The fourth-order valence-electron chi connectivity index (χ4n) is 3.01. The molecule has 6 nitrogen and oxygen atoms in total. The number of alkyl halides is 3. The molecule has 0 aliphatic rings. The zero-order valence-electron chi connectivity index (χ0n) is 17.3. The summed E-state index contributed by atoms with van der Waals surface area (Å²) in [5.74, 6) is -0.761. The van der Waals surface area contributed by atoms with Crippen molar-refractivity contribution in [3.63, 3.8) is 0 Å². The largest absolute Gasteiger partial charge is 0.496 e. The van der Waals surface area contributed by atoms with Gasteiger partial charge in [0.05, 0.1) is 33.6 Å². The Labute approximate surface area is 186 Å². The van der Waals surface area contributed by atoms with Gasteiger partial charge in [-0.3, -0.25) is 9.59 Å². The topological polar surface area (TPSA) is 80.3 Å². The molecule has 0 fully saturated rings. The summed E-state index contributed by atoms with van der Waals surface area (Å²) < 4.78 is 43.7. The van der Waals surface area contributed by atoms with Crippen molar-refractivity contribution in [3.05, 3.63) is 64.7 Å². The molecule has 3 rings (SSSR count). The molecule has 2 amide bonds. The van der Waals surface area contributed by atoms with E-state index in [4.69, 9.17) is 4.74 Å². The quantitative estimate of drug-likeness (QED) is 0.478. The highest BCUT2D eigenvalue weighted by atomic mass is 32.1. The van der Waals surface area contributed by atoms with Gasteiger partial charge in [0, 0.05) is 12.1 Å². The van der Waals surface area contributed by atoms with E-state index in [0.717, 1.165) is 5.01 Å². The number of halogens is 3. The van der Waals surface area contributed by atoms with E-state index in [0.29, 0.717) is 16.0 Å². The molecule has 0 saturated carbocycles. The number of fused-ring (bicyclic) bond motifs is 1. The maximum Gasteiger partial charge on any atom is 0.412 e. The number of carbonyl (C=O) groups excluding carboxylic acids is 2. The number of carbonyl (C=O) groups is 2. The second kappa shape index (κ2) is 9.39. The minimum absolute atomic E-state index is 0.116. The van der Waals surface area contributed by atoms with E-state index in [1.165, 1.54) is 30.6 Å². The lowest BCUT2D eigenvalue weighted by molar-refractivity contribution is -0.0934. The molecule has 1 aromatic heterocycles. The zero-order valence-corrected chi connectivity index (χ0v) is 18.1. The van der Waals surface area contributed by atoms with E-state index in [2.05, 4.69) is 22.2 Å². The highest BCUT2D eigenvalue weighted by molar-refractivity contribution is 7.19. The van der Waals surface area contributed by atoms with Crippen molar-refractivity contribution in [1.29, 1.82) is 0 Å². The smallest absolute Gasteiger partial charge is 0.412 e. The summed E-state index contributed by atoms with van der Waals surface area (Å²) in [5.41, 5.74) is 0.330. The third-order valence-corrected chi connectivity index (χ3v) is 5.61. The third kappa shape index (κ3) is 5.08. The van der Waals surface area contributed by atoms with Crippen LogP contribution in [0.25, 0.3) is 10.2 Å². The van der Waals surface area contributed by atoms with Crippen LogP contribution in [0.2, 0.25) is 0 Å². The first-order valence-electron chi connectivity index (χ1n) is 9.49. The fourth-order valence-corrected chi connectivity index (χ4v) is 3.96. The maximum absolute atomic E-state index is 13.1. The Morgan fingerprint density at radius 1 is 1.16 bits per heavy atom. The number of benzene rings is 2. The Morgan fingerprint density at radius 3 is 2.56 bits per heavy atom. The molecule has 0 spiro atoms. The van der Waals surface area contributed by atoms with Gasteiger partial charge in [-0.1, -0.05) is 18.7 Å². The highest BCUT2D eigenvalue weighted by Gasteiger charge is 2.31. The molecule has 0 aliphatic carbocycles. The van der Waals surface area contributed by atoms with Crippen molar-refractivity contribution < 1.29 is 27.5 Å². The second-order valence-corrected chi connectivity index (χ2v) is 8.03. The molecule has 3 aromatic rings. The Morgan fingerprint density at radius 2 is 1.88 bits per heavy atom. The molecular weight excluding hydrogens is 443 g/mol. The molecule has 0 unspecified atom stereocenters. The Bertz CT molecular complexity index is 1190. The van der Waals surface area contributed by atoms with E-state index in [9.17, 15) is 22.8 Å². The third-order valence-electron chi connectivity index (χ3n) is 4.61. The van der Waals surface area contributed by atoms with Crippen LogP contribution >= 0.6 is 11.3 Å². The number of hydrogen-bond donors (Lipinski definition) is 2. The first-order valence-corrected chi connectivity index (χ1v) is 10.3. The molecule has 168 valence electrons. The SMILES string of the molecule is C=C(CCNC(=O)c1ccccc1NC(=O)c1c(OC)ccc2nc(C)sc12)C(F)(F)F. The lowest BCUT2D eigenvalue weighted by Gasteiger charge is -2.14. The van der Waals surface area contributed by atoms with Crippen LogP contribution in [-0.2, 0) is 0 Å². The van der Waals surface area contributed by atoms with Crippen LogP contribution in [0.1, 0.15) is 32.1 Å². The van der Waals surface area contributed by atoms with Gasteiger partial charge < -0.3 is 15.4 Å². The van der Waals surface area contributed by atoms with Crippen LogP contribution in [0.15, 0.2) is 48.6 Å². The first kappa shape index (κ1) is 23.3. The van der Waals surface area contributed by atoms with Gasteiger partial charge in [-0.05, 0) is 37.6 Å². The van der Waals surface area contributed by atoms with Crippen LogP contribution in [0, 0.1) is 6.92 Å². The average molecular weight is 463 g/mol. The lowest BCUT2D eigenvalue weighted by atomic mass is 10.1. The fraction of sp³-hybridized carbons (Fsp3) is 0.227. The van der Waals surface area contributed by atoms with Crippen molar-refractivity contribution in [2.45, 2.75) is 19.5 Å². The number of amides is 2. The van der Waals surface area contributed by atoms with E-state index in [-0.39, 0.29) is 23.4 Å². The number of aryl methyl sites for hydroxylation is 1. The van der Waals surface area contributed by atoms with E-state index >= 15 is 0 Å². The maximum atomic E-state index is 13.1. The predicted octanol–water partition coefficient (Wildman–Crippen LogP) is 5.10. The normalized spacial score (nSPS) is 11.3. The molecule has 0 aliphatic heterocycles. The molecule has 2 aromatic carbocycles. The van der Waals surface area contributed by atoms with Crippen molar-refractivity contribution in [2.24, 2.45) is 0 Å². The van der Waals surface area contributed by atoms with Crippen LogP contribution in [0.4, 0.5) is 18.9 Å². The predicted molar refractivity (Wildman–Crippen MR) is 117 cm³/mol. The number of hydrogen-bond acceptors (Lipinski definition) is 5. The number of rotatable bonds is 7. The number of nitrogens with one attached hydrogen (secondary N) is 2. The minimum Gasteiger partial charge on any atom is -0.496 e. The van der Waals surface area contributed by atoms with E-state index in [1.54, 1.807) is 24.3 Å². The number of anilines is 1. The Kier molecular flexibility index (Phi) is 6.83. The van der Waals surface area contributed by atoms with Gasteiger partial charge in [0.1, 0.15) is 11.3 Å². The summed E-state index contributed by atoms with van der Waals surface area (Å²) in [6.07, 6.45) is -4.95. The van der Waals surface area contributed by atoms with Gasteiger partial charge in [-0.15, -0.1) is 11.3 Å². The second-order valence-electron chi connectivity index (χ2n) is 6.83. The molecular formula is C22H20F3N3O3S. The summed E-state index contributed by atoms with van der Waals surface area (Å²) >= 11 is 1.34. The summed E-state index contributed by atoms with van der Waals surface area (Å²) in [6, 6.07) is 9.62. The average Bonchev–Trinajstić information content (AvgIpc) is 3.12. The van der Waals surface area contributed by atoms with Crippen LogP contribution in [0.5, 0.6) is 5.75 Å². The van der Waals surface area contributed by atoms with Crippen molar-refractivity contribution in [1.82, 2.24) is 10.3 Å². The molecule has 10 heteroatoms. The number of thiazole rings is 1. The van der Waals surface area contributed by atoms with Gasteiger partial charge in [-0.25, -0.2) is 4.98 Å². The van der Waals surface area contributed by atoms with Crippen LogP contribution in [0.3, 0.4) is 0 Å². The van der Waals surface area contributed by atoms with Gasteiger partial charge in [-0.2, -0.15) is 13.2 Å². The van der Waals surface area contributed by atoms with Crippen LogP contribution in [-0.4, -0.2) is 36.6 Å². The van der Waals surface area contributed by atoms with Crippen molar-refractivity contribution in [2.75, 3.05) is 19.0 Å². The molecule has 0 bridgehead atoms. The monoisotopic (exact) mass is 463 g/mol. The number of para-hydroxylation sites is 1. The number of nitrogens with zero attached hydrogens (tertiary/aromatic N) is 1. The molecule has 1 heterocycles. The molecule has 0 atom stereocenters. The highest BCUT2D eigenvalue weighted by Crippen LogP contribution is 2.33. The van der Waals surface area contributed by atoms with Crippen LogP contribution < -0.4 is 15.4 Å². The molecule has 0 radical (unpaired) electrons.